The lowest BCUT2D eigenvalue weighted by Gasteiger charge is -2.30. The van der Waals surface area contributed by atoms with E-state index in [2.05, 4.69) is 33.0 Å². The van der Waals surface area contributed by atoms with Crippen LogP contribution in [0.2, 0.25) is 0 Å². The van der Waals surface area contributed by atoms with Crippen LogP contribution in [0.1, 0.15) is 53.4 Å². The van der Waals surface area contributed by atoms with Gasteiger partial charge < -0.3 is 10.4 Å². The van der Waals surface area contributed by atoms with Gasteiger partial charge in [0.15, 0.2) is 0 Å². The number of hydrogen-bond acceptors (Lipinski definition) is 2. The Balaban J connectivity index is 2.58. The molecule has 0 heterocycles. The smallest absolute Gasteiger partial charge is 0.307 e. The van der Waals surface area contributed by atoms with Gasteiger partial charge in [0, 0.05) is 6.54 Å². The van der Waals surface area contributed by atoms with E-state index in [0.717, 1.165) is 12.8 Å². The molecule has 1 amide bonds. The van der Waals surface area contributed by atoms with E-state index >= 15 is 0 Å². The Morgan fingerprint density at radius 2 is 1.55 bits per heavy atom. The van der Waals surface area contributed by atoms with Crippen LogP contribution in [0.25, 0.3) is 0 Å². The second kappa shape index (κ2) is 7.65. The van der Waals surface area contributed by atoms with Crippen LogP contribution in [0.15, 0.2) is 0 Å². The molecule has 2 unspecified atom stereocenters. The summed E-state index contributed by atoms with van der Waals surface area (Å²) in [4.78, 5) is 23.5. The average molecular weight is 283 g/mol. The van der Waals surface area contributed by atoms with Crippen LogP contribution < -0.4 is 5.32 Å². The van der Waals surface area contributed by atoms with Crippen LogP contribution in [0.5, 0.6) is 0 Å². The van der Waals surface area contributed by atoms with E-state index in [0.29, 0.717) is 37.1 Å². The minimum Gasteiger partial charge on any atom is -0.481 e. The second-order valence-corrected chi connectivity index (χ2v) is 6.73. The van der Waals surface area contributed by atoms with Crippen molar-refractivity contribution in [2.75, 3.05) is 6.54 Å². The lowest BCUT2D eigenvalue weighted by atomic mass is 9.78. The topological polar surface area (TPSA) is 66.4 Å². The Morgan fingerprint density at radius 3 is 2.00 bits per heavy atom. The van der Waals surface area contributed by atoms with Crippen molar-refractivity contribution >= 4 is 11.9 Å². The summed E-state index contributed by atoms with van der Waals surface area (Å²) >= 11 is 0. The summed E-state index contributed by atoms with van der Waals surface area (Å²) in [5, 5.41) is 12.2. The summed E-state index contributed by atoms with van der Waals surface area (Å²) in [5.74, 6) is -0.279. The lowest BCUT2D eigenvalue weighted by Crippen LogP contribution is -2.42. The highest BCUT2D eigenvalue weighted by Gasteiger charge is 2.35. The molecule has 116 valence electrons. The first-order valence-electron chi connectivity index (χ1n) is 7.85. The van der Waals surface area contributed by atoms with Crippen molar-refractivity contribution in [1.82, 2.24) is 5.32 Å². The van der Waals surface area contributed by atoms with Gasteiger partial charge in [0.1, 0.15) is 0 Å². The number of amides is 1. The molecule has 4 heteroatoms. The number of carbonyl (C=O) groups is 2. The zero-order valence-electron chi connectivity index (χ0n) is 13.2. The SMILES string of the molecule is CC(C)C(CNC(=O)C1CCCCC1C(=O)O)C(C)C. The van der Waals surface area contributed by atoms with Gasteiger partial charge in [-0.2, -0.15) is 0 Å². The fourth-order valence-corrected chi connectivity index (χ4v) is 3.33. The van der Waals surface area contributed by atoms with E-state index in [1.54, 1.807) is 0 Å². The number of carboxylic acid groups (broad SMARTS) is 1. The molecule has 2 atom stereocenters. The van der Waals surface area contributed by atoms with Crippen molar-refractivity contribution in [2.45, 2.75) is 53.4 Å². The molecule has 20 heavy (non-hydrogen) atoms. The number of nitrogens with one attached hydrogen (secondary N) is 1. The van der Waals surface area contributed by atoms with E-state index < -0.39 is 11.9 Å². The minimum atomic E-state index is -0.825. The highest BCUT2D eigenvalue weighted by molar-refractivity contribution is 5.84. The third kappa shape index (κ3) is 4.50. The van der Waals surface area contributed by atoms with Gasteiger partial charge in [0.25, 0.3) is 0 Å². The largest absolute Gasteiger partial charge is 0.481 e. The van der Waals surface area contributed by atoms with Crippen LogP contribution in [0.4, 0.5) is 0 Å². The molecule has 1 saturated carbocycles. The van der Waals surface area contributed by atoms with Crippen molar-refractivity contribution in [2.24, 2.45) is 29.6 Å². The normalized spacial score (nSPS) is 23.4. The van der Waals surface area contributed by atoms with Gasteiger partial charge >= 0.3 is 5.97 Å². The highest BCUT2D eigenvalue weighted by atomic mass is 16.4. The number of carboxylic acids is 1. The molecule has 2 N–H and O–H groups in total. The monoisotopic (exact) mass is 283 g/mol. The first-order valence-corrected chi connectivity index (χ1v) is 7.85. The Hall–Kier alpha value is -1.06. The molecule has 0 aromatic heterocycles. The Bertz CT molecular complexity index is 331. The fourth-order valence-electron chi connectivity index (χ4n) is 3.33. The van der Waals surface area contributed by atoms with Gasteiger partial charge in [-0.3, -0.25) is 9.59 Å². The van der Waals surface area contributed by atoms with E-state index in [9.17, 15) is 14.7 Å². The van der Waals surface area contributed by atoms with E-state index in [4.69, 9.17) is 0 Å². The maximum atomic E-state index is 12.3. The van der Waals surface area contributed by atoms with E-state index in [1.165, 1.54) is 0 Å². The molecule has 1 aliphatic rings. The maximum Gasteiger partial charge on any atom is 0.307 e. The maximum absolute atomic E-state index is 12.3. The van der Waals surface area contributed by atoms with Crippen LogP contribution in [-0.2, 0) is 9.59 Å². The predicted octanol–water partition coefficient (Wildman–Crippen LogP) is 2.92. The highest BCUT2D eigenvalue weighted by Crippen LogP contribution is 2.30. The third-order valence-electron chi connectivity index (χ3n) is 4.64. The average Bonchev–Trinajstić information content (AvgIpc) is 2.37. The van der Waals surface area contributed by atoms with Crippen molar-refractivity contribution in [3.63, 3.8) is 0 Å². The molecule has 4 nitrogen and oxygen atoms in total. The first-order chi connectivity index (χ1) is 9.34. The number of rotatable bonds is 6. The summed E-state index contributed by atoms with van der Waals surface area (Å²) in [7, 11) is 0. The summed E-state index contributed by atoms with van der Waals surface area (Å²) in [6.45, 7) is 9.31. The van der Waals surface area contributed by atoms with Crippen molar-refractivity contribution in [1.29, 1.82) is 0 Å². The minimum absolute atomic E-state index is 0.0663. The Labute approximate surface area is 122 Å². The van der Waals surface area contributed by atoms with Gasteiger partial charge in [0.05, 0.1) is 11.8 Å². The second-order valence-electron chi connectivity index (χ2n) is 6.73. The van der Waals surface area contributed by atoms with Crippen LogP contribution in [-0.4, -0.2) is 23.5 Å². The molecule has 0 saturated heterocycles. The van der Waals surface area contributed by atoms with E-state index in [-0.39, 0.29) is 11.8 Å². The van der Waals surface area contributed by atoms with Gasteiger partial charge in [-0.1, -0.05) is 40.5 Å². The molecular formula is C16H29NO3. The quantitative estimate of drug-likeness (QED) is 0.787. The summed E-state index contributed by atoms with van der Waals surface area (Å²) < 4.78 is 0. The van der Waals surface area contributed by atoms with Crippen LogP contribution in [0.3, 0.4) is 0 Å². The summed E-state index contributed by atoms with van der Waals surface area (Å²) in [5.41, 5.74) is 0. The molecule has 0 spiro atoms. The van der Waals surface area contributed by atoms with Gasteiger partial charge in [-0.05, 0) is 30.6 Å². The van der Waals surface area contributed by atoms with Gasteiger partial charge in [0.2, 0.25) is 5.91 Å². The summed E-state index contributed by atoms with van der Waals surface area (Å²) in [6.07, 6.45) is 3.21. The lowest BCUT2D eigenvalue weighted by molar-refractivity contribution is -0.149. The van der Waals surface area contributed by atoms with Crippen molar-refractivity contribution in [3.8, 4) is 0 Å². The Kier molecular flexibility index (Phi) is 6.50. The molecule has 0 aliphatic heterocycles. The zero-order chi connectivity index (χ0) is 15.3. The predicted molar refractivity (Wildman–Crippen MR) is 79.3 cm³/mol. The van der Waals surface area contributed by atoms with Gasteiger partial charge in [-0.25, -0.2) is 0 Å². The Morgan fingerprint density at radius 1 is 1.05 bits per heavy atom. The molecule has 0 aromatic carbocycles. The third-order valence-corrected chi connectivity index (χ3v) is 4.64. The molecular weight excluding hydrogens is 254 g/mol. The standard InChI is InChI=1S/C16H29NO3/c1-10(2)14(11(3)4)9-17-15(18)12-7-5-6-8-13(12)16(19)20/h10-14H,5-9H2,1-4H3,(H,17,18)(H,19,20). The molecule has 1 rings (SSSR count). The molecule has 0 aromatic rings. The molecule has 1 aliphatic carbocycles. The first kappa shape index (κ1) is 17.0. The van der Waals surface area contributed by atoms with E-state index in [1.807, 2.05) is 0 Å². The summed E-state index contributed by atoms with van der Waals surface area (Å²) in [6, 6.07) is 0. The van der Waals surface area contributed by atoms with Crippen LogP contribution >= 0.6 is 0 Å². The molecule has 1 fully saturated rings. The fraction of sp³-hybridized carbons (Fsp3) is 0.875. The molecule has 0 bridgehead atoms. The van der Waals surface area contributed by atoms with Crippen molar-refractivity contribution in [3.05, 3.63) is 0 Å². The van der Waals surface area contributed by atoms with Crippen LogP contribution in [0, 0.1) is 29.6 Å². The number of carbonyl (C=O) groups excluding carboxylic acids is 1. The van der Waals surface area contributed by atoms with Crippen molar-refractivity contribution < 1.29 is 14.7 Å². The number of hydrogen-bond donors (Lipinski definition) is 2. The number of aliphatic carboxylic acids is 1. The zero-order valence-corrected chi connectivity index (χ0v) is 13.2. The molecule has 0 radical (unpaired) electrons. The van der Waals surface area contributed by atoms with Gasteiger partial charge in [-0.15, -0.1) is 0 Å².